The van der Waals surface area contributed by atoms with Gasteiger partial charge in [-0.05, 0) is 83.5 Å². The number of esters is 1. The Balaban J connectivity index is 4.69. The van der Waals surface area contributed by atoms with Gasteiger partial charge in [-0.1, -0.05) is 234 Å². The molecule has 0 spiro atoms. The lowest BCUT2D eigenvalue weighted by atomic mass is 10.0. The van der Waals surface area contributed by atoms with Gasteiger partial charge in [0.1, 0.15) is 6.10 Å². The van der Waals surface area contributed by atoms with Crippen LogP contribution in [0.5, 0.6) is 0 Å². The van der Waals surface area contributed by atoms with Crippen molar-refractivity contribution in [2.24, 2.45) is 0 Å². The van der Waals surface area contributed by atoms with Gasteiger partial charge in [0.2, 0.25) is 5.91 Å². The smallest absolute Gasteiger partial charge is 0.306 e. The van der Waals surface area contributed by atoms with Crippen LogP contribution in [0.25, 0.3) is 0 Å². The summed E-state index contributed by atoms with van der Waals surface area (Å²) in [7, 11) is 0. The van der Waals surface area contributed by atoms with Gasteiger partial charge in [0.15, 0.2) is 0 Å². The molecule has 0 aromatic carbocycles. The van der Waals surface area contributed by atoms with Gasteiger partial charge in [0.25, 0.3) is 0 Å². The first-order chi connectivity index (χ1) is 31.5. The van der Waals surface area contributed by atoms with Crippen molar-refractivity contribution in [3.8, 4) is 0 Å². The summed E-state index contributed by atoms with van der Waals surface area (Å²) in [5.74, 6) is -0.554. The molecule has 0 aliphatic heterocycles. The van der Waals surface area contributed by atoms with Crippen molar-refractivity contribution in [1.29, 1.82) is 0 Å². The minimum Gasteiger partial charge on any atom is -0.462 e. The van der Waals surface area contributed by atoms with Crippen molar-refractivity contribution >= 4 is 11.9 Å². The largest absolute Gasteiger partial charge is 0.462 e. The molecule has 0 aliphatic carbocycles. The van der Waals surface area contributed by atoms with Gasteiger partial charge in [-0.25, -0.2) is 0 Å². The molecule has 3 N–H and O–H groups in total. The molecule has 6 heteroatoms. The molecule has 0 bridgehead atoms. The van der Waals surface area contributed by atoms with E-state index in [-0.39, 0.29) is 24.9 Å². The third kappa shape index (κ3) is 45.6. The van der Waals surface area contributed by atoms with Crippen molar-refractivity contribution in [2.75, 3.05) is 6.61 Å². The number of carbonyl (C=O) groups is 2. The van der Waals surface area contributed by atoms with E-state index in [4.69, 9.17) is 4.74 Å². The maximum Gasteiger partial charge on any atom is 0.306 e. The second-order valence-electron chi connectivity index (χ2n) is 18.0. The molecule has 0 saturated carbocycles. The van der Waals surface area contributed by atoms with Crippen LogP contribution in [0.2, 0.25) is 0 Å². The Morgan fingerprint density at radius 3 is 1.42 bits per heavy atom. The number of hydrogen-bond donors (Lipinski definition) is 3. The average Bonchev–Trinajstić information content (AvgIpc) is 3.29. The van der Waals surface area contributed by atoms with E-state index in [9.17, 15) is 19.8 Å². The van der Waals surface area contributed by atoms with E-state index in [2.05, 4.69) is 111 Å². The lowest BCUT2D eigenvalue weighted by Gasteiger charge is -2.24. The third-order valence-corrected chi connectivity index (χ3v) is 11.8. The van der Waals surface area contributed by atoms with Gasteiger partial charge in [-0.2, -0.15) is 0 Å². The number of allylic oxidation sites excluding steroid dienone is 14. The quantitative estimate of drug-likeness (QED) is 0.0245. The van der Waals surface area contributed by atoms with E-state index >= 15 is 0 Å². The number of amides is 1. The molecule has 0 heterocycles. The first-order valence-electron chi connectivity index (χ1n) is 26.8. The SMILES string of the molecule is CC/C=C/C/C=C/C/C=C/C/C=C/CCCC(CC(=O)NC(CO)C(O)CCCCCCCCCCCCCCC)OC(=O)CCCCCCC/C=C/C=C/C=C/CCCCCCC. The predicted octanol–water partition coefficient (Wildman–Crippen LogP) is 16.3. The third-order valence-electron chi connectivity index (χ3n) is 11.8. The highest BCUT2D eigenvalue weighted by Crippen LogP contribution is 2.17. The molecule has 64 heavy (non-hydrogen) atoms. The van der Waals surface area contributed by atoms with Crippen LogP contribution in [0.3, 0.4) is 0 Å². The zero-order chi connectivity index (χ0) is 46.7. The topological polar surface area (TPSA) is 95.9 Å². The Labute approximate surface area is 395 Å². The molecule has 0 fully saturated rings. The molecule has 0 rings (SSSR count). The summed E-state index contributed by atoms with van der Waals surface area (Å²) in [6.07, 6.45) is 66.4. The minimum atomic E-state index is -0.810. The van der Waals surface area contributed by atoms with Gasteiger partial charge < -0.3 is 20.3 Å². The van der Waals surface area contributed by atoms with Crippen molar-refractivity contribution in [3.05, 3.63) is 85.1 Å². The number of rotatable bonds is 47. The van der Waals surface area contributed by atoms with Crippen LogP contribution in [-0.2, 0) is 14.3 Å². The first kappa shape index (κ1) is 61.0. The van der Waals surface area contributed by atoms with Gasteiger partial charge in [0, 0.05) is 6.42 Å². The number of carbonyl (C=O) groups excluding carboxylic acids is 2. The van der Waals surface area contributed by atoms with Crippen molar-refractivity contribution in [3.63, 3.8) is 0 Å². The van der Waals surface area contributed by atoms with Crippen LogP contribution in [-0.4, -0.2) is 46.9 Å². The van der Waals surface area contributed by atoms with Crippen LogP contribution in [0.4, 0.5) is 0 Å². The first-order valence-corrected chi connectivity index (χ1v) is 26.8. The van der Waals surface area contributed by atoms with E-state index in [1.165, 1.54) is 96.3 Å². The van der Waals surface area contributed by atoms with Gasteiger partial charge in [-0.3, -0.25) is 9.59 Å². The van der Waals surface area contributed by atoms with E-state index in [1.807, 2.05) is 0 Å². The Kier molecular flexibility index (Phi) is 48.7. The summed E-state index contributed by atoms with van der Waals surface area (Å²) in [6.45, 7) is 6.33. The van der Waals surface area contributed by atoms with Crippen molar-refractivity contribution in [1.82, 2.24) is 5.32 Å². The molecule has 1 amide bonds. The fourth-order valence-corrected chi connectivity index (χ4v) is 7.72. The van der Waals surface area contributed by atoms with Gasteiger partial charge >= 0.3 is 5.97 Å². The monoisotopic (exact) mass is 892 g/mol. The number of nitrogens with one attached hydrogen (secondary N) is 1. The van der Waals surface area contributed by atoms with Gasteiger partial charge in [-0.15, -0.1) is 0 Å². The highest BCUT2D eigenvalue weighted by atomic mass is 16.5. The van der Waals surface area contributed by atoms with Gasteiger partial charge in [0.05, 0.1) is 25.2 Å². The molecule has 0 radical (unpaired) electrons. The highest BCUT2D eigenvalue weighted by molar-refractivity contribution is 5.77. The Hall–Kier alpha value is -2.96. The Morgan fingerprint density at radius 1 is 0.484 bits per heavy atom. The number of aliphatic hydroxyl groups excluding tert-OH is 2. The van der Waals surface area contributed by atoms with Crippen LogP contribution in [0.1, 0.15) is 245 Å². The molecule has 3 unspecified atom stereocenters. The van der Waals surface area contributed by atoms with Crippen LogP contribution >= 0.6 is 0 Å². The molecule has 6 nitrogen and oxygen atoms in total. The van der Waals surface area contributed by atoms with E-state index in [1.54, 1.807) is 0 Å². The van der Waals surface area contributed by atoms with E-state index in [0.29, 0.717) is 19.3 Å². The maximum absolute atomic E-state index is 13.2. The summed E-state index contributed by atoms with van der Waals surface area (Å²) in [5, 5.41) is 23.8. The molecule has 0 aliphatic rings. The molecular formula is C58H101NO5. The number of ether oxygens (including phenoxy) is 1. The number of unbranched alkanes of at least 4 members (excludes halogenated alkanes) is 23. The minimum absolute atomic E-state index is 0.0278. The zero-order valence-electron chi connectivity index (χ0n) is 41.9. The van der Waals surface area contributed by atoms with Crippen LogP contribution < -0.4 is 5.32 Å². The summed E-state index contributed by atoms with van der Waals surface area (Å²) in [4.78, 5) is 26.2. The second-order valence-corrected chi connectivity index (χ2v) is 18.0. The summed E-state index contributed by atoms with van der Waals surface area (Å²) < 4.78 is 5.91. The lowest BCUT2D eigenvalue weighted by molar-refractivity contribution is -0.151. The second kappa shape index (κ2) is 51.0. The molecule has 0 saturated heterocycles. The van der Waals surface area contributed by atoms with Crippen molar-refractivity contribution < 1.29 is 24.5 Å². The fraction of sp³-hybridized carbons (Fsp3) is 0.724. The van der Waals surface area contributed by atoms with Crippen molar-refractivity contribution in [2.45, 2.75) is 264 Å². The maximum atomic E-state index is 13.2. The van der Waals surface area contributed by atoms with Crippen LogP contribution in [0.15, 0.2) is 85.1 Å². The Morgan fingerprint density at radius 2 is 0.922 bits per heavy atom. The number of aliphatic hydroxyl groups is 2. The molecular weight excluding hydrogens is 791 g/mol. The molecule has 368 valence electrons. The highest BCUT2D eigenvalue weighted by Gasteiger charge is 2.24. The van der Waals surface area contributed by atoms with E-state index < -0.39 is 18.2 Å². The normalized spacial score (nSPS) is 13.9. The summed E-state index contributed by atoms with van der Waals surface area (Å²) in [5.41, 5.74) is 0. The predicted molar refractivity (Wildman–Crippen MR) is 278 cm³/mol. The lowest BCUT2D eigenvalue weighted by Crippen LogP contribution is -2.46. The Bertz CT molecular complexity index is 1230. The summed E-state index contributed by atoms with van der Waals surface area (Å²) >= 11 is 0. The average molecular weight is 892 g/mol. The fourth-order valence-electron chi connectivity index (χ4n) is 7.72. The zero-order valence-corrected chi connectivity index (χ0v) is 41.9. The van der Waals surface area contributed by atoms with Crippen LogP contribution in [0, 0.1) is 0 Å². The molecule has 0 aromatic rings. The molecule has 3 atom stereocenters. The number of hydrogen-bond acceptors (Lipinski definition) is 5. The van der Waals surface area contributed by atoms with E-state index in [0.717, 1.165) is 103 Å². The summed E-state index contributed by atoms with van der Waals surface area (Å²) in [6, 6.07) is -0.727. The standard InChI is InChI=1S/C58H101NO5/c1-4-7-10-13-16-19-22-25-27-28-29-30-33-36-39-42-45-48-51-58(63)64-54(49-46-43-40-37-34-32-26-23-20-17-14-11-8-5-2)52-57(62)59-55(53-60)56(61)50-47-44-41-38-35-31-24-21-18-15-12-9-6-3/h8,11,17,20,22,25-30,32,37,40,54-56,60-61H,4-7,9-10,12-16,18-19,21,23-24,31,33-36,38-39,41-53H2,1-3H3,(H,59,62)/b11-8+,20-17+,25-22+,28-27+,30-29+,32-26+,40-37+. The molecule has 0 aromatic heterocycles.